The summed E-state index contributed by atoms with van der Waals surface area (Å²) in [5, 5.41) is 12.2. The lowest BCUT2D eigenvalue weighted by Crippen LogP contribution is -2.24. The van der Waals surface area contributed by atoms with E-state index < -0.39 is 0 Å². The fourth-order valence-corrected chi connectivity index (χ4v) is 2.84. The van der Waals surface area contributed by atoms with Crippen LogP contribution in [0.5, 0.6) is 0 Å². The van der Waals surface area contributed by atoms with Crippen molar-refractivity contribution in [3.8, 4) is 0 Å². The van der Waals surface area contributed by atoms with Crippen LogP contribution in [0.15, 0.2) is 5.16 Å². The zero-order valence-electron chi connectivity index (χ0n) is 7.01. The Kier molecular flexibility index (Phi) is 1.44. The smallest absolute Gasteiger partial charge is 0.0635 e. The lowest BCUT2D eigenvalue weighted by molar-refractivity contribution is 0.302. The second-order valence-electron chi connectivity index (χ2n) is 3.99. The van der Waals surface area contributed by atoms with Crippen molar-refractivity contribution in [1.82, 2.24) is 0 Å². The Bertz CT molecular complexity index is 200. The van der Waals surface area contributed by atoms with E-state index in [1.165, 1.54) is 19.3 Å². The highest BCUT2D eigenvalue weighted by molar-refractivity contribution is 5.92. The molecular formula is C9H15NO. The molecule has 2 aliphatic rings. The van der Waals surface area contributed by atoms with Crippen LogP contribution in [-0.2, 0) is 0 Å². The molecule has 0 unspecified atom stereocenters. The van der Waals surface area contributed by atoms with Crippen LogP contribution in [-0.4, -0.2) is 10.9 Å². The minimum absolute atomic E-state index is 0.319. The van der Waals surface area contributed by atoms with Gasteiger partial charge in [0.2, 0.25) is 0 Å². The maximum absolute atomic E-state index is 8.77. The van der Waals surface area contributed by atoms with Gasteiger partial charge in [-0.05, 0) is 38.0 Å². The van der Waals surface area contributed by atoms with Gasteiger partial charge in [0, 0.05) is 5.41 Å². The molecule has 1 N–H and O–H groups in total. The SMILES string of the molecule is CC[C@@]12CC[C@@H](CC1=NO)C2. The van der Waals surface area contributed by atoms with Gasteiger partial charge in [-0.1, -0.05) is 12.1 Å². The van der Waals surface area contributed by atoms with Gasteiger partial charge in [-0.25, -0.2) is 0 Å². The molecule has 2 bridgehead atoms. The largest absolute Gasteiger partial charge is 0.411 e. The monoisotopic (exact) mass is 153 g/mol. The molecule has 0 amide bonds. The molecule has 2 fully saturated rings. The van der Waals surface area contributed by atoms with E-state index in [1.807, 2.05) is 0 Å². The van der Waals surface area contributed by atoms with E-state index in [-0.39, 0.29) is 0 Å². The lowest BCUT2D eigenvalue weighted by atomic mass is 9.80. The number of fused-ring (bicyclic) bond motifs is 2. The second-order valence-corrected chi connectivity index (χ2v) is 3.99. The van der Waals surface area contributed by atoms with Gasteiger partial charge in [0.05, 0.1) is 5.71 Å². The Morgan fingerprint density at radius 1 is 1.73 bits per heavy atom. The third kappa shape index (κ3) is 0.815. The van der Waals surface area contributed by atoms with Crippen molar-refractivity contribution in [1.29, 1.82) is 0 Å². The van der Waals surface area contributed by atoms with E-state index >= 15 is 0 Å². The molecular weight excluding hydrogens is 138 g/mol. The highest BCUT2D eigenvalue weighted by atomic mass is 16.4. The molecule has 0 aromatic carbocycles. The number of rotatable bonds is 1. The van der Waals surface area contributed by atoms with Gasteiger partial charge in [-0.2, -0.15) is 0 Å². The first-order valence-corrected chi connectivity index (χ1v) is 4.52. The van der Waals surface area contributed by atoms with E-state index in [2.05, 4.69) is 12.1 Å². The van der Waals surface area contributed by atoms with Gasteiger partial charge in [-0.3, -0.25) is 0 Å². The lowest BCUT2D eigenvalue weighted by Gasteiger charge is -2.24. The topological polar surface area (TPSA) is 32.6 Å². The number of hydrogen-bond donors (Lipinski definition) is 1. The Labute approximate surface area is 67.3 Å². The Morgan fingerprint density at radius 2 is 2.55 bits per heavy atom. The fourth-order valence-electron chi connectivity index (χ4n) is 2.84. The molecule has 2 rings (SSSR count). The summed E-state index contributed by atoms with van der Waals surface area (Å²) in [7, 11) is 0. The molecule has 0 radical (unpaired) electrons. The summed E-state index contributed by atoms with van der Waals surface area (Å²) in [5.74, 6) is 0.834. The molecule has 0 spiro atoms. The first kappa shape index (κ1) is 7.14. The molecule has 0 aromatic heterocycles. The molecule has 2 saturated carbocycles. The number of oxime groups is 1. The second kappa shape index (κ2) is 2.23. The Balaban J connectivity index is 2.29. The van der Waals surface area contributed by atoms with Crippen LogP contribution < -0.4 is 0 Å². The van der Waals surface area contributed by atoms with Crippen LogP contribution in [0, 0.1) is 11.3 Å². The third-order valence-corrected chi connectivity index (χ3v) is 3.60. The van der Waals surface area contributed by atoms with Crippen molar-refractivity contribution >= 4 is 5.71 Å². The summed E-state index contributed by atoms with van der Waals surface area (Å²) in [6.07, 6.45) is 6.11. The van der Waals surface area contributed by atoms with Crippen LogP contribution in [0.25, 0.3) is 0 Å². The van der Waals surface area contributed by atoms with Crippen LogP contribution in [0.1, 0.15) is 39.0 Å². The van der Waals surface area contributed by atoms with Gasteiger partial charge in [-0.15, -0.1) is 0 Å². The van der Waals surface area contributed by atoms with Crippen LogP contribution in [0.2, 0.25) is 0 Å². The summed E-state index contributed by atoms with van der Waals surface area (Å²) in [6.45, 7) is 2.21. The van der Waals surface area contributed by atoms with Gasteiger partial charge in [0.15, 0.2) is 0 Å². The molecule has 0 saturated heterocycles. The van der Waals surface area contributed by atoms with Gasteiger partial charge in [0.25, 0.3) is 0 Å². The predicted octanol–water partition coefficient (Wildman–Crippen LogP) is 2.42. The van der Waals surface area contributed by atoms with E-state index in [9.17, 15) is 0 Å². The molecule has 0 aliphatic heterocycles. The first-order valence-electron chi connectivity index (χ1n) is 4.52. The van der Waals surface area contributed by atoms with E-state index in [1.54, 1.807) is 0 Å². The quantitative estimate of drug-likeness (QED) is 0.455. The van der Waals surface area contributed by atoms with Crippen LogP contribution in [0.3, 0.4) is 0 Å². The minimum Gasteiger partial charge on any atom is -0.411 e. The van der Waals surface area contributed by atoms with Gasteiger partial charge >= 0.3 is 0 Å². The molecule has 11 heavy (non-hydrogen) atoms. The number of hydrogen-bond acceptors (Lipinski definition) is 2. The Hall–Kier alpha value is -0.530. The summed E-state index contributed by atoms with van der Waals surface area (Å²) in [5.41, 5.74) is 1.40. The van der Waals surface area contributed by atoms with Crippen LogP contribution in [0.4, 0.5) is 0 Å². The maximum atomic E-state index is 8.77. The van der Waals surface area contributed by atoms with E-state index in [0.29, 0.717) is 5.41 Å². The highest BCUT2D eigenvalue weighted by Crippen LogP contribution is 2.53. The standard InChI is InChI=1S/C9H15NO/c1-2-9-4-3-7(6-9)5-8(9)10-11/h7,11H,2-6H2,1H3/t7-,9-/m0/s1. The van der Waals surface area contributed by atoms with Gasteiger partial charge < -0.3 is 5.21 Å². The zero-order chi connectivity index (χ0) is 7.90. The number of nitrogens with zero attached hydrogens (tertiary/aromatic N) is 1. The minimum atomic E-state index is 0.319. The van der Waals surface area contributed by atoms with Crippen molar-refractivity contribution in [2.45, 2.75) is 39.0 Å². The fraction of sp³-hybridized carbons (Fsp3) is 0.889. The molecule has 2 atom stereocenters. The maximum Gasteiger partial charge on any atom is 0.0635 e. The average Bonchev–Trinajstić information content (AvgIpc) is 2.60. The van der Waals surface area contributed by atoms with Crippen molar-refractivity contribution in [3.63, 3.8) is 0 Å². The third-order valence-electron chi connectivity index (χ3n) is 3.60. The first-order chi connectivity index (χ1) is 5.30. The molecule has 62 valence electrons. The van der Waals surface area contributed by atoms with Crippen molar-refractivity contribution in [2.24, 2.45) is 16.5 Å². The molecule has 2 nitrogen and oxygen atoms in total. The van der Waals surface area contributed by atoms with E-state index in [0.717, 1.165) is 24.5 Å². The van der Waals surface area contributed by atoms with Gasteiger partial charge in [0.1, 0.15) is 0 Å². The molecule has 2 aliphatic carbocycles. The summed E-state index contributed by atoms with van der Waals surface area (Å²) >= 11 is 0. The van der Waals surface area contributed by atoms with Crippen molar-refractivity contribution in [3.05, 3.63) is 0 Å². The van der Waals surface area contributed by atoms with Crippen molar-refractivity contribution < 1.29 is 5.21 Å². The Morgan fingerprint density at radius 3 is 3.00 bits per heavy atom. The van der Waals surface area contributed by atoms with E-state index in [4.69, 9.17) is 5.21 Å². The van der Waals surface area contributed by atoms with Crippen molar-refractivity contribution in [2.75, 3.05) is 0 Å². The highest BCUT2D eigenvalue weighted by Gasteiger charge is 2.48. The predicted molar refractivity (Wildman–Crippen MR) is 43.9 cm³/mol. The summed E-state index contributed by atoms with van der Waals surface area (Å²) in [6, 6.07) is 0. The molecule has 2 heteroatoms. The normalized spacial score (nSPS) is 45.5. The summed E-state index contributed by atoms with van der Waals surface area (Å²) in [4.78, 5) is 0. The summed E-state index contributed by atoms with van der Waals surface area (Å²) < 4.78 is 0. The average molecular weight is 153 g/mol. The molecule has 0 heterocycles. The van der Waals surface area contributed by atoms with Crippen LogP contribution >= 0.6 is 0 Å². The molecule has 0 aromatic rings. The zero-order valence-corrected chi connectivity index (χ0v) is 7.01.